The van der Waals surface area contributed by atoms with E-state index >= 15 is 0 Å². The maximum Gasteiger partial charge on any atom is -0.0171 e. The van der Waals surface area contributed by atoms with Gasteiger partial charge in [-0.25, -0.2) is 0 Å². The van der Waals surface area contributed by atoms with Crippen molar-refractivity contribution < 1.29 is 0 Å². The van der Waals surface area contributed by atoms with Crippen LogP contribution in [-0.2, 0) is 0 Å². The molecule has 1 atom stereocenters. The largest absolute Gasteiger partial charge is 0.0998 e. The molecule has 0 heteroatoms. The predicted octanol–water partition coefficient (Wildman–Crippen LogP) is 2.92. The molecule has 1 aliphatic rings. The van der Waals surface area contributed by atoms with Gasteiger partial charge in [-0.1, -0.05) is 24.3 Å². The van der Waals surface area contributed by atoms with Crippen LogP contribution in [0.5, 0.6) is 0 Å². The molecule has 0 saturated heterocycles. The Labute approximate surface area is 57.3 Å². The molecule has 0 aliphatic heterocycles. The molecule has 0 spiro atoms. The quantitative estimate of drug-likeness (QED) is 0.469. The SMILES string of the molecule is C=C(C)[C@H]1CC=CCC1. The molecule has 0 unspecified atom stereocenters. The van der Waals surface area contributed by atoms with Gasteiger partial charge in [0.25, 0.3) is 0 Å². The predicted molar refractivity (Wildman–Crippen MR) is 41.3 cm³/mol. The standard InChI is InChI=1S/C9H14/c1-8(2)9-6-4-3-5-7-9/h3-4,9H,1,5-7H2,2H3/t9-/m0/s1. The third-order valence-corrected chi connectivity index (χ3v) is 1.97. The normalized spacial score (nSPS) is 26.1. The molecule has 0 aromatic carbocycles. The van der Waals surface area contributed by atoms with E-state index in [1.807, 2.05) is 0 Å². The molecule has 9 heavy (non-hydrogen) atoms. The zero-order chi connectivity index (χ0) is 6.69. The highest BCUT2D eigenvalue weighted by molar-refractivity contribution is 5.03. The van der Waals surface area contributed by atoms with Crippen LogP contribution in [0.3, 0.4) is 0 Å². The number of hydrogen-bond donors (Lipinski definition) is 0. The lowest BCUT2D eigenvalue weighted by Crippen LogP contribution is -2.02. The minimum atomic E-state index is 0.773. The molecule has 0 amide bonds. The van der Waals surface area contributed by atoms with Crippen LogP contribution in [0.1, 0.15) is 26.2 Å². The Kier molecular flexibility index (Phi) is 2.10. The lowest BCUT2D eigenvalue weighted by Gasteiger charge is -2.16. The summed E-state index contributed by atoms with van der Waals surface area (Å²) < 4.78 is 0. The molecule has 0 heterocycles. The van der Waals surface area contributed by atoms with E-state index in [0.717, 1.165) is 5.92 Å². The van der Waals surface area contributed by atoms with Crippen molar-refractivity contribution in [2.24, 2.45) is 5.92 Å². The van der Waals surface area contributed by atoms with Gasteiger partial charge in [0, 0.05) is 0 Å². The zero-order valence-corrected chi connectivity index (χ0v) is 6.06. The Morgan fingerprint density at radius 1 is 1.56 bits per heavy atom. The molecule has 0 nitrogen and oxygen atoms in total. The van der Waals surface area contributed by atoms with Gasteiger partial charge in [-0.2, -0.15) is 0 Å². The van der Waals surface area contributed by atoms with Gasteiger partial charge in [-0.15, -0.1) is 0 Å². The van der Waals surface area contributed by atoms with Gasteiger partial charge in [-0.3, -0.25) is 0 Å². The topological polar surface area (TPSA) is 0 Å². The first-order valence-electron chi connectivity index (χ1n) is 3.61. The summed E-state index contributed by atoms with van der Waals surface area (Å²) in [6.45, 7) is 6.07. The second-order valence-corrected chi connectivity index (χ2v) is 2.83. The van der Waals surface area contributed by atoms with E-state index in [-0.39, 0.29) is 0 Å². The summed E-state index contributed by atoms with van der Waals surface area (Å²) in [7, 11) is 0. The average molecular weight is 122 g/mol. The van der Waals surface area contributed by atoms with Crippen molar-refractivity contribution in [2.45, 2.75) is 26.2 Å². The molecule has 50 valence electrons. The molecular formula is C9H14. The van der Waals surface area contributed by atoms with Crippen molar-refractivity contribution in [3.8, 4) is 0 Å². The van der Waals surface area contributed by atoms with E-state index in [2.05, 4.69) is 25.7 Å². The lowest BCUT2D eigenvalue weighted by molar-refractivity contribution is 0.555. The Bertz CT molecular complexity index is 131. The number of hydrogen-bond acceptors (Lipinski definition) is 0. The Balaban J connectivity index is 2.44. The van der Waals surface area contributed by atoms with Gasteiger partial charge in [-0.05, 0) is 32.1 Å². The molecular weight excluding hydrogens is 108 g/mol. The van der Waals surface area contributed by atoms with E-state index in [1.54, 1.807) is 0 Å². The summed E-state index contributed by atoms with van der Waals surface area (Å²) in [4.78, 5) is 0. The van der Waals surface area contributed by atoms with Crippen LogP contribution in [0.2, 0.25) is 0 Å². The first-order valence-corrected chi connectivity index (χ1v) is 3.61. The minimum absolute atomic E-state index is 0.773. The summed E-state index contributed by atoms with van der Waals surface area (Å²) in [6, 6.07) is 0. The minimum Gasteiger partial charge on any atom is -0.0998 e. The van der Waals surface area contributed by atoms with E-state index in [9.17, 15) is 0 Å². The fraction of sp³-hybridized carbons (Fsp3) is 0.556. The summed E-state index contributed by atoms with van der Waals surface area (Å²) in [6.07, 6.45) is 8.31. The number of allylic oxidation sites excluding steroid dienone is 3. The monoisotopic (exact) mass is 122 g/mol. The Morgan fingerprint density at radius 3 is 2.67 bits per heavy atom. The van der Waals surface area contributed by atoms with Crippen molar-refractivity contribution in [3.63, 3.8) is 0 Å². The molecule has 0 radical (unpaired) electrons. The van der Waals surface area contributed by atoms with Crippen molar-refractivity contribution in [1.82, 2.24) is 0 Å². The van der Waals surface area contributed by atoms with Gasteiger partial charge in [0.2, 0.25) is 0 Å². The fourth-order valence-corrected chi connectivity index (χ4v) is 1.24. The molecule has 1 rings (SSSR count). The molecule has 0 bridgehead atoms. The van der Waals surface area contributed by atoms with Crippen LogP contribution >= 0.6 is 0 Å². The summed E-state index contributed by atoms with van der Waals surface area (Å²) in [5.41, 5.74) is 1.35. The summed E-state index contributed by atoms with van der Waals surface area (Å²) in [5, 5.41) is 0. The molecule has 0 saturated carbocycles. The van der Waals surface area contributed by atoms with Crippen LogP contribution in [-0.4, -0.2) is 0 Å². The molecule has 0 aromatic heterocycles. The van der Waals surface area contributed by atoms with E-state index in [4.69, 9.17) is 0 Å². The van der Waals surface area contributed by atoms with Crippen molar-refractivity contribution >= 4 is 0 Å². The van der Waals surface area contributed by atoms with Gasteiger partial charge in [0.05, 0.1) is 0 Å². The Hall–Kier alpha value is -0.520. The first-order chi connectivity index (χ1) is 4.30. The smallest absolute Gasteiger partial charge is 0.0171 e. The fourth-order valence-electron chi connectivity index (χ4n) is 1.24. The van der Waals surface area contributed by atoms with Crippen LogP contribution in [0, 0.1) is 5.92 Å². The van der Waals surface area contributed by atoms with Gasteiger partial charge < -0.3 is 0 Å². The van der Waals surface area contributed by atoms with Crippen LogP contribution in [0.15, 0.2) is 24.3 Å². The average Bonchev–Trinajstić information content (AvgIpc) is 1.90. The first kappa shape index (κ1) is 6.60. The highest BCUT2D eigenvalue weighted by atomic mass is 14.1. The van der Waals surface area contributed by atoms with Gasteiger partial charge >= 0.3 is 0 Å². The zero-order valence-electron chi connectivity index (χ0n) is 6.06. The van der Waals surface area contributed by atoms with E-state index < -0.39 is 0 Å². The third-order valence-electron chi connectivity index (χ3n) is 1.97. The molecule has 0 fully saturated rings. The van der Waals surface area contributed by atoms with Crippen LogP contribution in [0.4, 0.5) is 0 Å². The maximum atomic E-state index is 3.94. The molecule has 0 aromatic rings. The second-order valence-electron chi connectivity index (χ2n) is 2.83. The lowest BCUT2D eigenvalue weighted by atomic mass is 9.89. The van der Waals surface area contributed by atoms with Crippen molar-refractivity contribution in [2.75, 3.05) is 0 Å². The van der Waals surface area contributed by atoms with E-state index in [1.165, 1.54) is 24.8 Å². The van der Waals surface area contributed by atoms with Crippen molar-refractivity contribution in [1.29, 1.82) is 0 Å². The van der Waals surface area contributed by atoms with Gasteiger partial charge in [0.1, 0.15) is 0 Å². The third kappa shape index (κ3) is 1.70. The second kappa shape index (κ2) is 2.86. The van der Waals surface area contributed by atoms with Crippen LogP contribution in [0.25, 0.3) is 0 Å². The maximum absolute atomic E-state index is 3.94. The highest BCUT2D eigenvalue weighted by Crippen LogP contribution is 2.23. The van der Waals surface area contributed by atoms with Crippen LogP contribution < -0.4 is 0 Å². The summed E-state index contributed by atoms with van der Waals surface area (Å²) in [5.74, 6) is 0.773. The molecule has 1 aliphatic carbocycles. The van der Waals surface area contributed by atoms with Crippen molar-refractivity contribution in [3.05, 3.63) is 24.3 Å². The van der Waals surface area contributed by atoms with Gasteiger partial charge in [0.15, 0.2) is 0 Å². The number of rotatable bonds is 1. The highest BCUT2D eigenvalue weighted by Gasteiger charge is 2.08. The molecule has 0 N–H and O–H groups in total. The van der Waals surface area contributed by atoms with E-state index in [0.29, 0.717) is 0 Å². The Morgan fingerprint density at radius 2 is 2.33 bits per heavy atom. The summed E-state index contributed by atoms with van der Waals surface area (Å²) >= 11 is 0.